The Kier molecular flexibility index (Phi) is 4.22. The van der Waals surface area contributed by atoms with E-state index >= 15 is 0 Å². The predicted octanol–water partition coefficient (Wildman–Crippen LogP) is 1.08. The molecule has 0 radical (unpaired) electrons. The molecule has 0 unspecified atom stereocenters. The van der Waals surface area contributed by atoms with Gasteiger partial charge in [-0.2, -0.15) is 13.5 Å². The first-order valence-electron chi connectivity index (χ1n) is 2.91. The summed E-state index contributed by atoms with van der Waals surface area (Å²) in [5, 5.41) is 0. The number of hydrogen-bond acceptors (Lipinski definition) is 2. The van der Waals surface area contributed by atoms with Crippen molar-refractivity contribution in [3.05, 3.63) is 29.8 Å². The van der Waals surface area contributed by atoms with Gasteiger partial charge in [0.15, 0.2) is 10.7 Å². The van der Waals surface area contributed by atoms with Crippen molar-refractivity contribution in [2.45, 2.75) is 11.8 Å². The van der Waals surface area contributed by atoms with Crippen LogP contribution in [0.15, 0.2) is 29.2 Å². The fourth-order valence-electron chi connectivity index (χ4n) is 0.666. The fraction of sp³-hybridized carbons (Fsp3) is 0.143. The lowest BCUT2D eigenvalue weighted by Gasteiger charge is -1.90. The van der Waals surface area contributed by atoms with Crippen molar-refractivity contribution >= 4 is 24.2 Å². The Morgan fingerprint density at radius 3 is 1.91 bits per heavy atom. The Balaban J connectivity index is 0.000001000. The van der Waals surface area contributed by atoms with E-state index in [1.807, 2.05) is 6.92 Å². The SMILES string of the molecule is Cc1ccc([SH](=O)=O)cc1.S. The van der Waals surface area contributed by atoms with Crippen molar-refractivity contribution in [2.75, 3.05) is 0 Å². The van der Waals surface area contributed by atoms with Gasteiger partial charge in [0.1, 0.15) is 0 Å². The molecule has 0 N–H and O–H groups in total. The molecule has 0 saturated carbocycles. The van der Waals surface area contributed by atoms with Gasteiger partial charge in [-0.05, 0) is 19.1 Å². The first-order valence-corrected chi connectivity index (χ1v) is 4.09. The van der Waals surface area contributed by atoms with Crippen LogP contribution in [-0.2, 0) is 10.7 Å². The second-order valence-corrected chi connectivity index (χ2v) is 3.12. The van der Waals surface area contributed by atoms with Gasteiger partial charge in [0.05, 0.1) is 4.90 Å². The maximum atomic E-state index is 10.3. The molecule has 11 heavy (non-hydrogen) atoms. The summed E-state index contributed by atoms with van der Waals surface area (Å²) in [6, 6.07) is 6.75. The minimum Gasteiger partial charge on any atom is -0.227 e. The molecule has 0 aliphatic carbocycles. The van der Waals surface area contributed by atoms with Crippen molar-refractivity contribution in [3.8, 4) is 0 Å². The average molecular weight is 190 g/mol. The van der Waals surface area contributed by atoms with Gasteiger partial charge in [-0.25, -0.2) is 8.42 Å². The molecule has 4 heteroatoms. The molecule has 1 rings (SSSR count). The second-order valence-electron chi connectivity index (χ2n) is 2.09. The van der Waals surface area contributed by atoms with Gasteiger partial charge in [-0.3, -0.25) is 0 Å². The molecule has 1 aromatic carbocycles. The summed E-state index contributed by atoms with van der Waals surface area (Å²) in [6.45, 7) is 1.92. The van der Waals surface area contributed by atoms with E-state index in [1.54, 1.807) is 24.3 Å². The molecule has 0 bridgehead atoms. The van der Waals surface area contributed by atoms with Crippen LogP contribution in [0.25, 0.3) is 0 Å². The van der Waals surface area contributed by atoms with Gasteiger partial charge < -0.3 is 0 Å². The Morgan fingerprint density at radius 1 is 1.09 bits per heavy atom. The molecule has 0 atom stereocenters. The van der Waals surface area contributed by atoms with E-state index in [1.165, 1.54) is 0 Å². The molecule has 0 aliphatic rings. The van der Waals surface area contributed by atoms with Crippen LogP contribution in [0.4, 0.5) is 0 Å². The first kappa shape index (κ1) is 10.5. The molecule has 62 valence electrons. The molecular formula is C7H10O2S2. The second kappa shape index (κ2) is 4.41. The zero-order valence-corrected chi connectivity index (χ0v) is 7.97. The van der Waals surface area contributed by atoms with Crippen LogP contribution >= 0.6 is 13.5 Å². The quantitative estimate of drug-likeness (QED) is 0.672. The van der Waals surface area contributed by atoms with Crippen molar-refractivity contribution in [3.63, 3.8) is 0 Å². The number of hydrogen-bond donors (Lipinski definition) is 1. The van der Waals surface area contributed by atoms with Crippen LogP contribution in [-0.4, -0.2) is 8.42 Å². The van der Waals surface area contributed by atoms with E-state index in [0.717, 1.165) is 5.56 Å². The predicted molar refractivity (Wildman–Crippen MR) is 50.1 cm³/mol. The largest absolute Gasteiger partial charge is 0.227 e. The maximum absolute atomic E-state index is 10.3. The van der Waals surface area contributed by atoms with Crippen LogP contribution in [0, 0.1) is 6.92 Å². The Hall–Kier alpha value is -0.480. The highest BCUT2D eigenvalue weighted by molar-refractivity contribution is 7.72. The van der Waals surface area contributed by atoms with E-state index in [4.69, 9.17) is 0 Å². The van der Waals surface area contributed by atoms with Crippen molar-refractivity contribution < 1.29 is 8.42 Å². The van der Waals surface area contributed by atoms with Gasteiger partial charge in [0, 0.05) is 0 Å². The van der Waals surface area contributed by atoms with Crippen LogP contribution in [0.1, 0.15) is 5.56 Å². The first-order chi connectivity index (χ1) is 4.70. The summed E-state index contributed by atoms with van der Waals surface area (Å²) >= 11 is 0. The van der Waals surface area contributed by atoms with Crippen LogP contribution in [0.3, 0.4) is 0 Å². The average Bonchev–Trinajstić information content (AvgIpc) is 1.88. The van der Waals surface area contributed by atoms with Crippen molar-refractivity contribution in [1.29, 1.82) is 0 Å². The molecule has 0 aromatic heterocycles. The number of benzene rings is 1. The highest BCUT2D eigenvalue weighted by atomic mass is 32.2. The lowest BCUT2D eigenvalue weighted by Crippen LogP contribution is -1.78. The minimum absolute atomic E-state index is 0. The van der Waals surface area contributed by atoms with E-state index in [9.17, 15) is 8.42 Å². The topological polar surface area (TPSA) is 34.1 Å². The van der Waals surface area contributed by atoms with Crippen LogP contribution in [0.5, 0.6) is 0 Å². The molecule has 0 aliphatic heterocycles. The minimum atomic E-state index is -2.41. The normalized spacial score (nSPS) is 9.27. The summed E-state index contributed by atoms with van der Waals surface area (Å²) in [5.41, 5.74) is 1.07. The monoisotopic (exact) mass is 190 g/mol. The van der Waals surface area contributed by atoms with Crippen LogP contribution < -0.4 is 0 Å². The van der Waals surface area contributed by atoms with E-state index in [-0.39, 0.29) is 13.5 Å². The van der Waals surface area contributed by atoms with E-state index in [0.29, 0.717) is 4.90 Å². The number of rotatable bonds is 1. The van der Waals surface area contributed by atoms with Crippen molar-refractivity contribution in [2.24, 2.45) is 0 Å². The Labute approximate surface area is 74.6 Å². The molecule has 0 saturated heterocycles. The Bertz CT molecular complexity index is 280. The zero-order chi connectivity index (χ0) is 7.56. The molecule has 2 nitrogen and oxygen atoms in total. The van der Waals surface area contributed by atoms with Crippen molar-refractivity contribution in [1.82, 2.24) is 0 Å². The molecule has 0 amide bonds. The van der Waals surface area contributed by atoms with E-state index < -0.39 is 10.7 Å². The molecule has 0 heterocycles. The summed E-state index contributed by atoms with van der Waals surface area (Å²) in [7, 11) is -2.41. The lowest BCUT2D eigenvalue weighted by atomic mass is 10.2. The Morgan fingerprint density at radius 2 is 1.55 bits per heavy atom. The van der Waals surface area contributed by atoms with Gasteiger partial charge in [0.25, 0.3) is 0 Å². The molecular weight excluding hydrogens is 180 g/mol. The smallest absolute Gasteiger partial charge is 0.168 e. The molecule has 1 aromatic rings. The van der Waals surface area contributed by atoms with Gasteiger partial charge in [-0.1, -0.05) is 17.7 Å². The summed E-state index contributed by atoms with van der Waals surface area (Å²) in [4.78, 5) is 0.376. The highest BCUT2D eigenvalue weighted by Gasteiger charge is 1.90. The van der Waals surface area contributed by atoms with Gasteiger partial charge in [-0.15, -0.1) is 0 Å². The standard InChI is InChI=1S/C7H8O2S.H2S/c1-6-2-4-7(5-3-6)10(8)9;/h2-5,10H,1H3;1H2. The van der Waals surface area contributed by atoms with Crippen LogP contribution in [0.2, 0.25) is 0 Å². The maximum Gasteiger partial charge on any atom is 0.168 e. The van der Waals surface area contributed by atoms with Gasteiger partial charge in [0.2, 0.25) is 0 Å². The summed E-state index contributed by atoms with van der Waals surface area (Å²) < 4.78 is 20.7. The fourth-order valence-corrected chi connectivity index (χ4v) is 1.06. The summed E-state index contributed by atoms with van der Waals surface area (Å²) in [5.74, 6) is 0. The third-order valence-corrected chi connectivity index (χ3v) is 1.96. The van der Waals surface area contributed by atoms with E-state index in [2.05, 4.69) is 0 Å². The number of aryl methyl sites for hydroxylation is 1. The number of thiol groups is 1. The third kappa shape index (κ3) is 2.95. The van der Waals surface area contributed by atoms with Gasteiger partial charge >= 0.3 is 0 Å². The summed E-state index contributed by atoms with van der Waals surface area (Å²) in [6.07, 6.45) is 0. The highest BCUT2D eigenvalue weighted by Crippen LogP contribution is 2.02. The third-order valence-electron chi connectivity index (χ3n) is 1.24. The molecule has 0 spiro atoms. The molecule has 0 fully saturated rings. The lowest BCUT2D eigenvalue weighted by molar-refractivity contribution is 0.614. The zero-order valence-electron chi connectivity index (χ0n) is 6.07.